The Morgan fingerprint density at radius 1 is 1.15 bits per heavy atom. The van der Waals surface area contributed by atoms with E-state index in [0.717, 1.165) is 37.4 Å². The Bertz CT molecular complexity index is 892. The van der Waals surface area contributed by atoms with Gasteiger partial charge in [-0.3, -0.25) is 9.58 Å². The van der Waals surface area contributed by atoms with E-state index in [4.69, 9.17) is 0 Å². The van der Waals surface area contributed by atoms with E-state index in [-0.39, 0.29) is 5.82 Å². The third-order valence-corrected chi connectivity index (χ3v) is 4.55. The summed E-state index contributed by atoms with van der Waals surface area (Å²) in [4.78, 5) is 10.7. The lowest BCUT2D eigenvalue weighted by Gasteiger charge is -2.27. The minimum absolute atomic E-state index is 0.148. The molecule has 0 spiro atoms. The first kappa shape index (κ1) is 16.7. The summed E-state index contributed by atoms with van der Waals surface area (Å²) in [6.45, 7) is 5.85. The molecule has 0 radical (unpaired) electrons. The summed E-state index contributed by atoms with van der Waals surface area (Å²) in [6.07, 6.45) is 3.42. The Balaban J connectivity index is 1.39. The van der Waals surface area contributed by atoms with Gasteiger partial charge in [-0.25, -0.2) is 14.4 Å². The van der Waals surface area contributed by atoms with Gasteiger partial charge in [0.25, 0.3) is 0 Å². The van der Waals surface area contributed by atoms with Crippen LogP contribution in [0.15, 0.2) is 42.7 Å². The average Bonchev–Trinajstić information content (AvgIpc) is 3.06. The fourth-order valence-corrected chi connectivity index (χ4v) is 3.22. The molecule has 7 heteroatoms. The molecule has 6 nitrogen and oxygen atoms in total. The van der Waals surface area contributed by atoms with Gasteiger partial charge in [-0.05, 0) is 36.2 Å². The first-order valence-electron chi connectivity index (χ1n) is 8.71. The maximum Gasteiger partial charge on any atom is 0.222 e. The van der Waals surface area contributed by atoms with Crippen molar-refractivity contribution in [2.45, 2.75) is 33.1 Å². The zero-order chi connectivity index (χ0) is 17.9. The third kappa shape index (κ3) is 3.72. The maximum absolute atomic E-state index is 13.4. The number of hydrogen-bond acceptors (Lipinski definition) is 5. The van der Waals surface area contributed by atoms with Crippen LogP contribution in [0.4, 0.5) is 10.3 Å². The molecule has 0 amide bonds. The molecular weight excluding hydrogens is 331 g/mol. The molecule has 0 saturated heterocycles. The van der Waals surface area contributed by atoms with Crippen LogP contribution in [0.5, 0.6) is 0 Å². The Hall–Kier alpha value is -2.80. The molecular formula is C19H21FN6. The summed E-state index contributed by atoms with van der Waals surface area (Å²) in [7, 11) is 0. The Kier molecular flexibility index (Phi) is 4.62. The van der Waals surface area contributed by atoms with Gasteiger partial charge in [0.2, 0.25) is 5.95 Å². The minimum Gasteiger partial charge on any atom is -0.348 e. The average molecular weight is 352 g/mol. The highest BCUT2D eigenvalue weighted by molar-refractivity contribution is 5.26. The van der Waals surface area contributed by atoms with E-state index in [2.05, 4.69) is 36.0 Å². The number of rotatable bonds is 5. The number of nitrogens with zero attached hydrogens (tertiary/aromatic N) is 5. The van der Waals surface area contributed by atoms with Crippen LogP contribution in [0.3, 0.4) is 0 Å². The van der Waals surface area contributed by atoms with Crippen molar-refractivity contribution < 1.29 is 4.39 Å². The first-order chi connectivity index (χ1) is 12.7. The molecule has 0 fully saturated rings. The van der Waals surface area contributed by atoms with Gasteiger partial charge >= 0.3 is 0 Å². The molecule has 2 aromatic heterocycles. The highest BCUT2D eigenvalue weighted by Gasteiger charge is 2.18. The highest BCUT2D eigenvalue weighted by Crippen LogP contribution is 2.18. The standard InChI is InChI=1S/C19H21FN6/c1-14-9-15(3-4-18(14)20)12-25-7-8-26-17(13-25)10-16(24-26)11-23-19-21-5-2-6-22-19/h2-6,9-10H,7-8,11-13H2,1H3,(H,21,22,23). The molecule has 3 heterocycles. The van der Waals surface area contributed by atoms with Crippen molar-refractivity contribution in [2.24, 2.45) is 0 Å². The van der Waals surface area contributed by atoms with Crippen LogP contribution in [0.1, 0.15) is 22.5 Å². The van der Waals surface area contributed by atoms with Crippen molar-refractivity contribution in [2.75, 3.05) is 11.9 Å². The van der Waals surface area contributed by atoms with E-state index in [9.17, 15) is 4.39 Å². The predicted molar refractivity (Wildman–Crippen MR) is 96.8 cm³/mol. The molecule has 134 valence electrons. The molecule has 1 N–H and O–H groups in total. The number of benzene rings is 1. The third-order valence-electron chi connectivity index (χ3n) is 4.55. The topological polar surface area (TPSA) is 58.9 Å². The van der Waals surface area contributed by atoms with E-state index in [1.807, 2.05) is 12.1 Å². The number of nitrogens with one attached hydrogen (secondary N) is 1. The van der Waals surface area contributed by atoms with Gasteiger partial charge < -0.3 is 5.32 Å². The highest BCUT2D eigenvalue weighted by atomic mass is 19.1. The molecule has 0 bridgehead atoms. The lowest BCUT2D eigenvalue weighted by atomic mass is 10.1. The van der Waals surface area contributed by atoms with Crippen molar-refractivity contribution in [3.63, 3.8) is 0 Å². The number of hydrogen-bond donors (Lipinski definition) is 1. The van der Waals surface area contributed by atoms with Gasteiger partial charge in [0.05, 0.1) is 24.5 Å². The van der Waals surface area contributed by atoms with E-state index in [0.29, 0.717) is 18.1 Å². The molecule has 4 rings (SSSR count). The van der Waals surface area contributed by atoms with Crippen molar-refractivity contribution in [3.8, 4) is 0 Å². The van der Waals surface area contributed by atoms with Crippen LogP contribution in [0.2, 0.25) is 0 Å². The zero-order valence-corrected chi connectivity index (χ0v) is 14.7. The minimum atomic E-state index is -0.148. The zero-order valence-electron chi connectivity index (χ0n) is 14.7. The van der Waals surface area contributed by atoms with Gasteiger partial charge in [-0.2, -0.15) is 5.10 Å². The number of fused-ring (bicyclic) bond motifs is 1. The Morgan fingerprint density at radius 2 is 2.00 bits per heavy atom. The van der Waals surface area contributed by atoms with Crippen molar-refractivity contribution >= 4 is 5.95 Å². The van der Waals surface area contributed by atoms with Crippen LogP contribution < -0.4 is 5.32 Å². The molecule has 1 aromatic carbocycles. The van der Waals surface area contributed by atoms with Crippen LogP contribution in [0.25, 0.3) is 0 Å². The van der Waals surface area contributed by atoms with E-state index >= 15 is 0 Å². The first-order valence-corrected chi connectivity index (χ1v) is 8.71. The second-order valence-corrected chi connectivity index (χ2v) is 6.57. The van der Waals surface area contributed by atoms with E-state index in [1.165, 1.54) is 5.69 Å². The molecule has 26 heavy (non-hydrogen) atoms. The molecule has 0 saturated carbocycles. The SMILES string of the molecule is Cc1cc(CN2CCn3nc(CNc4ncccn4)cc3C2)ccc1F. The number of aromatic nitrogens is 4. The number of halogens is 1. The fourth-order valence-electron chi connectivity index (χ4n) is 3.22. The van der Waals surface area contributed by atoms with Crippen LogP contribution in [0, 0.1) is 12.7 Å². The molecule has 0 aliphatic carbocycles. The van der Waals surface area contributed by atoms with Crippen molar-refractivity contribution in [1.82, 2.24) is 24.6 Å². The van der Waals surface area contributed by atoms with E-state index < -0.39 is 0 Å². The summed E-state index contributed by atoms with van der Waals surface area (Å²) in [5, 5.41) is 7.84. The summed E-state index contributed by atoms with van der Waals surface area (Å²) >= 11 is 0. The van der Waals surface area contributed by atoms with Crippen molar-refractivity contribution in [1.29, 1.82) is 0 Å². The lowest BCUT2D eigenvalue weighted by Crippen LogP contribution is -2.33. The molecule has 1 aliphatic rings. The van der Waals surface area contributed by atoms with Gasteiger partial charge in [0, 0.05) is 32.0 Å². The van der Waals surface area contributed by atoms with Gasteiger partial charge in [0.1, 0.15) is 5.82 Å². The molecule has 3 aromatic rings. The van der Waals surface area contributed by atoms with Crippen LogP contribution in [-0.4, -0.2) is 31.2 Å². The summed E-state index contributed by atoms with van der Waals surface area (Å²) in [5.74, 6) is 0.455. The number of aryl methyl sites for hydroxylation is 1. The maximum atomic E-state index is 13.4. The molecule has 1 aliphatic heterocycles. The normalized spacial score (nSPS) is 14.2. The summed E-state index contributed by atoms with van der Waals surface area (Å²) in [6, 6.07) is 9.25. The molecule has 0 unspecified atom stereocenters. The molecule has 0 atom stereocenters. The second-order valence-electron chi connectivity index (χ2n) is 6.57. The lowest BCUT2D eigenvalue weighted by molar-refractivity contribution is 0.205. The Morgan fingerprint density at radius 3 is 2.81 bits per heavy atom. The summed E-state index contributed by atoms with van der Waals surface area (Å²) in [5.41, 5.74) is 4.01. The predicted octanol–water partition coefficient (Wildman–Crippen LogP) is 2.75. The largest absolute Gasteiger partial charge is 0.348 e. The van der Waals surface area contributed by atoms with E-state index in [1.54, 1.807) is 31.5 Å². The smallest absolute Gasteiger partial charge is 0.222 e. The monoisotopic (exact) mass is 352 g/mol. The van der Waals surface area contributed by atoms with Gasteiger partial charge in [0.15, 0.2) is 0 Å². The van der Waals surface area contributed by atoms with Crippen LogP contribution >= 0.6 is 0 Å². The fraction of sp³-hybridized carbons (Fsp3) is 0.316. The van der Waals surface area contributed by atoms with Crippen LogP contribution in [-0.2, 0) is 26.2 Å². The van der Waals surface area contributed by atoms with Crippen molar-refractivity contribution in [3.05, 3.63) is 71.1 Å². The second kappa shape index (κ2) is 7.21. The number of anilines is 1. The Labute approximate surface area is 151 Å². The summed E-state index contributed by atoms with van der Waals surface area (Å²) < 4.78 is 15.5. The quantitative estimate of drug-likeness (QED) is 0.765. The van der Waals surface area contributed by atoms with Gasteiger partial charge in [-0.1, -0.05) is 12.1 Å². The van der Waals surface area contributed by atoms with Gasteiger partial charge in [-0.15, -0.1) is 0 Å².